The minimum atomic E-state index is -2.54. The number of benzene rings is 2. The number of nitrogens with two attached hydrogens (primary N) is 1. The van der Waals surface area contributed by atoms with Crippen LogP contribution in [-0.4, -0.2) is 32.1 Å². The van der Waals surface area contributed by atoms with Gasteiger partial charge in [0, 0.05) is 26.0 Å². The summed E-state index contributed by atoms with van der Waals surface area (Å²) in [7, 11) is 0. The van der Waals surface area contributed by atoms with Crippen molar-refractivity contribution in [2.75, 3.05) is 12.2 Å². The summed E-state index contributed by atoms with van der Waals surface area (Å²) >= 11 is 5.83. The average Bonchev–Trinajstić information content (AvgIpc) is 3.12. The van der Waals surface area contributed by atoms with Crippen molar-refractivity contribution in [3.63, 3.8) is 0 Å². The van der Waals surface area contributed by atoms with Crippen molar-refractivity contribution >= 4 is 29.1 Å². The topological polar surface area (TPSA) is 106 Å². The van der Waals surface area contributed by atoms with Gasteiger partial charge in [-0.3, -0.25) is 4.79 Å². The highest BCUT2D eigenvalue weighted by atomic mass is 35.5. The Morgan fingerprint density at radius 2 is 2.09 bits per heavy atom. The molecule has 0 saturated heterocycles. The normalized spacial score (nSPS) is 14.9. The summed E-state index contributed by atoms with van der Waals surface area (Å²) in [6, 6.07) is 11.9. The minimum Gasteiger partial charge on any atom is -0.388 e. The highest BCUT2D eigenvalue weighted by molar-refractivity contribution is 6.30. The van der Waals surface area contributed by atoms with E-state index in [0.29, 0.717) is 16.2 Å². The van der Waals surface area contributed by atoms with E-state index in [4.69, 9.17) is 21.4 Å². The van der Waals surface area contributed by atoms with Crippen LogP contribution < -0.4 is 11.1 Å². The van der Waals surface area contributed by atoms with E-state index in [1.165, 1.54) is 41.8 Å². The van der Waals surface area contributed by atoms with Gasteiger partial charge in [-0.05, 0) is 54.3 Å². The van der Waals surface area contributed by atoms with Gasteiger partial charge in [0.1, 0.15) is 5.82 Å². The molecule has 2 heterocycles. The first-order chi connectivity index (χ1) is 16.4. The van der Waals surface area contributed by atoms with Gasteiger partial charge in [-0.15, -0.1) is 5.10 Å². The molecule has 164 valence electrons. The van der Waals surface area contributed by atoms with Crippen LogP contribution in [0, 0.1) is 12.7 Å². The molecule has 32 heavy (non-hydrogen) atoms. The number of hydrogen-bond acceptors (Lipinski definition) is 5. The van der Waals surface area contributed by atoms with Crippen LogP contribution >= 0.6 is 11.6 Å². The zero-order chi connectivity index (χ0) is 25.5. The van der Waals surface area contributed by atoms with Crippen LogP contribution in [0.3, 0.4) is 0 Å². The Hall–Kier alpha value is -3.49. The molecule has 0 spiro atoms. The molecule has 7 nitrogen and oxygen atoms in total. The smallest absolute Gasteiger partial charge is 0.254 e. The lowest BCUT2D eigenvalue weighted by Gasteiger charge is -2.14. The third-order valence-corrected chi connectivity index (χ3v) is 5.13. The third-order valence-electron chi connectivity index (χ3n) is 4.88. The second-order valence-electron chi connectivity index (χ2n) is 7.07. The number of aromatic nitrogens is 3. The molecule has 0 bridgehead atoms. The molecule has 0 saturated carbocycles. The molecule has 1 amide bonds. The number of nitrogen functional groups attached to an aromatic ring is 1. The third kappa shape index (κ3) is 4.42. The molecule has 0 aliphatic heterocycles. The van der Waals surface area contributed by atoms with Gasteiger partial charge < -0.3 is 16.2 Å². The summed E-state index contributed by atoms with van der Waals surface area (Å²) in [5.41, 5.74) is 6.53. The van der Waals surface area contributed by atoms with Gasteiger partial charge in [-0.2, -0.15) is 4.98 Å². The van der Waals surface area contributed by atoms with Gasteiger partial charge in [0.2, 0.25) is 5.95 Å². The largest absolute Gasteiger partial charge is 0.388 e. The summed E-state index contributed by atoms with van der Waals surface area (Å²) in [6.07, 6.45) is -1.62. The first kappa shape index (κ1) is 18.1. The van der Waals surface area contributed by atoms with Crippen molar-refractivity contribution in [1.82, 2.24) is 19.9 Å². The Morgan fingerprint density at radius 1 is 1.34 bits per heavy atom. The number of fused-ring (bicyclic) bond motifs is 1. The standard InChI is InChI=1S/C23H21ClFN5O2/c1-13-2-7-17(15-9-11-30-19(12-15)28-23(26)29-30)21(25)20(13)22(32)27-10-8-18(31)14-3-5-16(24)6-4-14/h2-7,9,11-12,18,31H,8,10H2,1H3,(H2,26,29)(H,27,32)/i10D2,18D. The van der Waals surface area contributed by atoms with Gasteiger partial charge in [0.25, 0.3) is 5.91 Å². The van der Waals surface area contributed by atoms with E-state index in [1.807, 2.05) is 0 Å². The molecule has 0 aliphatic carbocycles. The van der Waals surface area contributed by atoms with E-state index >= 15 is 4.39 Å². The molecule has 4 rings (SSSR count). The Labute approximate surface area is 192 Å². The zero-order valence-electron chi connectivity index (χ0n) is 19.9. The fraction of sp³-hybridized carbons (Fsp3) is 0.174. The number of nitrogens with one attached hydrogen (secondary N) is 1. The molecule has 4 N–H and O–H groups in total. The zero-order valence-corrected chi connectivity index (χ0v) is 17.7. The highest BCUT2D eigenvalue weighted by Gasteiger charge is 2.20. The molecule has 4 aromatic rings. The first-order valence-corrected chi connectivity index (χ1v) is 9.96. The Bertz CT molecular complexity index is 1430. The molecule has 0 radical (unpaired) electrons. The van der Waals surface area contributed by atoms with Crippen molar-refractivity contribution in [3.8, 4) is 11.1 Å². The van der Waals surface area contributed by atoms with Crippen molar-refractivity contribution < 1.29 is 18.4 Å². The molecular formula is C23H21ClFN5O2. The molecule has 1 atom stereocenters. The lowest BCUT2D eigenvalue weighted by atomic mass is 9.98. The molecule has 2 aromatic carbocycles. The molecule has 0 fully saturated rings. The fourth-order valence-electron chi connectivity index (χ4n) is 3.26. The number of aryl methyl sites for hydroxylation is 1. The van der Waals surface area contributed by atoms with Crippen LogP contribution in [-0.2, 0) is 0 Å². The number of halogens is 2. The van der Waals surface area contributed by atoms with E-state index in [-0.39, 0.29) is 28.2 Å². The summed E-state index contributed by atoms with van der Waals surface area (Å²) in [5.74, 6) is -1.82. The van der Waals surface area contributed by atoms with Crippen LogP contribution in [0.5, 0.6) is 0 Å². The molecule has 2 aromatic heterocycles. The summed E-state index contributed by atoms with van der Waals surface area (Å²) in [5, 5.41) is 17.0. The van der Waals surface area contributed by atoms with Crippen LogP contribution in [0.25, 0.3) is 16.8 Å². The second-order valence-corrected chi connectivity index (χ2v) is 7.50. The van der Waals surface area contributed by atoms with Crippen molar-refractivity contribution in [3.05, 3.63) is 82.3 Å². The van der Waals surface area contributed by atoms with E-state index in [0.717, 1.165) is 0 Å². The predicted octanol–water partition coefficient (Wildman–Crippen LogP) is 3.93. The molecular weight excluding hydrogens is 433 g/mol. The fourth-order valence-corrected chi connectivity index (χ4v) is 3.38. The lowest BCUT2D eigenvalue weighted by Crippen LogP contribution is -2.27. The number of pyridine rings is 1. The van der Waals surface area contributed by atoms with Crippen molar-refractivity contribution in [2.45, 2.75) is 19.4 Å². The van der Waals surface area contributed by atoms with E-state index < -0.39 is 30.7 Å². The maximum Gasteiger partial charge on any atom is 0.254 e. The van der Waals surface area contributed by atoms with Gasteiger partial charge in [-0.25, -0.2) is 8.91 Å². The number of carbonyl (C=O) groups is 1. The number of anilines is 1. The maximum absolute atomic E-state index is 15.5. The number of aliphatic hydroxyl groups is 1. The number of amides is 1. The molecule has 1 unspecified atom stereocenters. The average molecular weight is 457 g/mol. The van der Waals surface area contributed by atoms with Gasteiger partial charge in [0.15, 0.2) is 5.65 Å². The van der Waals surface area contributed by atoms with E-state index in [2.05, 4.69) is 15.4 Å². The Balaban J connectivity index is 1.61. The summed E-state index contributed by atoms with van der Waals surface area (Å²) < 4.78 is 41.5. The summed E-state index contributed by atoms with van der Waals surface area (Å²) in [4.78, 5) is 17.0. The predicted molar refractivity (Wildman–Crippen MR) is 121 cm³/mol. The van der Waals surface area contributed by atoms with Crippen LogP contribution in [0.1, 0.15) is 38.1 Å². The van der Waals surface area contributed by atoms with Crippen molar-refractivity contribution in [2.24, 2.45) is 0 Å². The van der Waals surface area contributed by atoms with E-state index in [9.17, 15) is 9.90 Å². The highest BCUT2D eigenvalue weighted by Crippen LogP contribution is 2.28. The van der Waals surface area contributed by atoms with Gasteiger partial charge >= 0.3 is 0 Å². The number of carbonyl (C=O) groups excluding carboxylic acids is 1. The number of hydrogen-bond donors (Lipinski definition) is 3. The van der Waals surface area contributed by atoms with Crippen LogP contribution in [0.15, 0.2) is 54.7 Å². The Kier molecular flexibility index (Phi) is 5.06. The number of nitrogens with zero attached hydrogens (tertiary/aromatic N) is 3. The monoisotopic (exact) mass is 456 g/mol. The van der Waals surface area contributed by atoms with Crippen LogP contribution in [0.4, 0.5) is 10.3 Å². The van der Waals surface area contributed by atoms with E-state index in [1.54, 1.807) is 24.4 Å². The SMILES string of the molecule is [2H]C([2H])(CC([2H])(O)c1ccc(Cl)cc1)NC(=O)c1c(C)ccc(-c2ccn3nc(N)nc3c2)c1F. The summed E-state index contributed by atoms with van der Waals surface area (Å²) in [6.45, 7) is -1.02. The first-order valence-electron chi connectivity index (χ1n) is 11.1. The van der Waals surface area contributed by atoms with Gasteiger partial charge in [-0.1, -0.05) is 35.9 Å². The maximum atomic E-state index is 15.5. The second kappa shape index (κ2) is 8.94. The van der Waals surface area contributed by atoms with Gasteiger partial charge in [0.05, 0.1) is 13.0 Å². The van der Waals surface area contributed by atoms with Crippen molar-refractivity contribution in [1.29, 1.82) is 0 Å². The quantitative estimate of drug-likeness (QED) is 0.407. The molecule has 9 heteroatoms. The lowest BCUT2D eigenvalue weighted by molar-refractivity contribution is 0.0938. The van der Waals surface area contributed by atoms with Crippen LogP contribution in [0.2, 0.25) is 5.02 Å². The molecule has 0 aliphatic rings. The Morgan fingerprint density at radius 3 is 2.84 bits per heavy atom. The minimum absolute atomic E-state index is 0.0572. The number of rotatable bonds is 6.